The number of hydrogen-bond donors (Lipinski definition) is 1. The van der Waals surface area contributed by atoms with Crippen molar-refractivity contribution in [1.82, 2.24) is 0 Å². The number of carbonyl (C=O) groups excluding carboxylic acids is 1. The van der Waals surface area contributed by atoms with E-state index in [1.807, 2.05) is 12.1 Å². The second-order valence-corrected chi connectivity index (χ2v) is 5.00. The zero-order valence-corrected chi connectivity index (χ0v) is 11.5. The molecule has 0 spiro atoms. The van der Waals surface area contributed by atoms with Crippen LogP contribution in [-0.2, 0) is 0 Å². The molecule has 2 rings (SSSR count). The Morgan fingerprint density at radius 3 is 2.72 bits per heavy atom. The number of nitriles is 1. The first-order valence-electron chi connectivity index (χ1n) is 5.21. The zero-order chi connectivity index (χ0) is 13.1. The van der Waals surface area contributed by atoms with E-state index in [0.29, 0.717) is 22.4 Å². The van der Waals surface area contributed by atoms with Gasteiger partial charge in [-0.05, 0) is 52.9 Å². The highest BCUT2D eigenvalue weighted by molar-refractivity contribution is 14.1. The molecule has 0 aromatic heterocycles. The lowest BCUT2D eigenvalue weighted by atomic mass is 10.0. The van der Waals surface area contributed by atoms with Crippen LogP contribution in [0.5, 0.6) is 0 Å². The summed E-state index contributed by atoms with van der Waals surface area (Å²) in [5.41, 5.74) is 7.66. The second kappa shape index (κ2) is 5.19. The molecule has 0 unspecified atom stereocenters. The van der Waals surface area contributed by atoms with Crippen molar-refractivity contribution in [3.05, 3.63) is 62.7 Å². The van der Waals surface area contributed by atoms with Crippen molar-refractivity contribution in [2.75, 3.05) is 5.73 Å². The topological polar surface area (TPSA) is 66.9 Å². The van der Waals surface area contributed by atoms with E-state index in [2.05, 4.69) is 22.6 Å². The Morgan fingerprint density at radius 1 is 1.22 bits per heavy atom. The van der Waals surface area contributed by atoms with Gasteiger partial charge in [0.05, 0.1) is 11.6 Å². The molecular formula is C14H9IN2O. The molecule has 0 aliphatic heterocycles. The summed E-state index contributed by atoms with van der Waals surface area (Å²) < 4.78 is 0.946. The summed E-state index contributed by atoms with van der Waals surface area (Å²) in [6.07, 6.45) is 0. The molecule has 0 amide bonds. The monoisotopic (exact) mass is 348 g/mol. The van der Waals surface area contributed by atoms with Gasteiger partial charge in [-0.25, -0.2) is 0 Å². The third kappa shape index (κ3) is 2.51. The van der Waals surface area contributed by atoms with E-state index in [9.17, 15) is 4.79 Å². The number of nitrogen functional groups attached to an aromatic ring is 1. The average molecular weight is 348 g/mol. The van der Waals surface area contributed by atoms with Crippen LogP contribution in [0.25, 0.3) is 0 Å². The van der Waals surface area contributed by atoms with Gasteiger partial charge >= 0.3 is 0 Å². The molecule has 0 aliphatic rings. The highest BCUT2D eigenvalue weighted by atomic mass is 127. The predicted octanol–water partition coefficient (Wildman–Crippen LogP) is 2.98. The number of halogens is 1. The molecule has 0 heterocycles. The summed E-state index contributed by atoms with van der Waals surface area (Å²) >= 11 is 2.13. The van der Waals surface area contributed by atoms with Gasteiger partial charge in [0.25, 0.3) is 0 Å². The van der Waals surface area contributed by atoms with Gasteiger partial charge < -0.3 is 5.73 Å². The van der Waals surface area contributed by atoms with Crippen LogP contribution in [0, 0.1) is 14.9 Å². The van der Waals surface area contributed by atoms with Gasteiger partial charge in [0.15, 0.2) is 5.78 Å². The maximum Gasteiger partial charge on any atom is 0.195 e. The van der Waals surface area contributed by atoms with Crippen molar-refractivity contribution in [1.29, 1.82) is 5.26 Å². The fourth-order valence-electron chi connectivity index (χ4n) is 1.61. The van der Waals surface area contributed by atoms with Gasteiger partial charge in [0.1, 0.15) is 0 Å². The standard InChI is InChI=1S/C14H9IN2O/c15-11-4-5-13(17)12(7-11)14(18)10-3-1-2-9(6-10)8-16/h1-7H,17H2. The fraction of sp³-hybridized carbons (Fsp3) is 0. The lowest BCUT2D eigenvalue weighted by Crippen LogP contribution is -2.06. The number of rotatable bonds is 2. The van der Waals surface area contributed by atoms with Crippen molar-refractivity contribution in [3.8, 4) is 6.07 Å². The highest BCUT2D eigenvalue weighted by Crippen LogP contribution is 2.20. The second-order valence-electron chi connectivity index (χ2n) is 3.75. The number of carbonyl (C=O) groups is 1. The van der Waals surface area contributed by atoms with Crippen LogP contribution in [0.15, 0.2) is 42.5 Å². The Balaban J connectivity index is 2.48. The number of hydrogen-bond acceptors (Lipinski definition) is 3. The number of benzene rings is 2. The summed E-state index contributed by atoms with van der Waals surface area (Å²) in [7, 11) is 0. The summed E-state index contributed by atoms with van der Waals surface area (Å²) in [4.78, 5) is 12.3. The van der Waals surface area contributed by atoms with Crippen molar-refractivity contribution in [2.45, 2.75) is 0 Å². The highest BCUT2D eigenvalue weighted by Gasteiger charge is 2.13. The third-order valence-corrected chi connectivity index (χ3v) is 3.18. The largest absolute Gasteiger partial charge is 0.398 e. The molecule has 0 atom stereocenters. The van der Waals surface area contributed by atoms with Crippen LogP contribution in [0.4, 0.5) is 5.69 Å². The molecular weight excluding hydrogens is 339 g/mol. The minimum absolute atomic E-state index is 0.164. The molecule has 2 N–H and O–H groups in total. The van der Waals surface area contributed by atoms with Gasteiger partial charge in [-0.15, -0.1) is 0 Å². The van der Waals surface area contributed by atoms with Crippen LogP contribution < -0.4 is 5.73 Å². The van der Waals surface area contributed by atoms with Crippen LogP contribution in [0.3, 0.4) is 0 Å². The first-order valence-corrected chi connectivity index (χ1v) is 6.29. The minimum atomic E-state index is -0.164. The Kier molecular flexibility index (Phi) is 3.63. The van der Waals surface area contributed by atoms with Crippen LogP contribution in [0.2, 0.25) is 0 Å². The van der Waals surface area contributed by atoms with E-state index in [-0.39, 0.29) is 5.78 Å². The summed E-state index contributed by atoms with van der Waals surface area (Å²) in [6.45, 7) is 0. The normalized spacial score (nSPS) is 9.78. The fourth-order valence-corrected chi connectivity index (χ4v) is 2.10. The van der Waals surface area contributed by atoms with E-state index in [4.69, 9.17) is 11.0 Å². The quantitative estimate of drug-likeness (QED) is 0.516. The molecule has 18 heavy (non-hydrogen) atoms. The van der Waals surface area contributed by atoms with Crippen LogP contribution in [-0.4, -0.2) is 5.78 Å². The van der Waals surface area contributed by atoms with Crippen LogP contribution in [0.1, 0.15) is 21.5 Å². The summed E-state index contributed by atoms with van der Waals surface area (Å²) in [5.74, 6) is -0.164. The van der Waals surface area contributed by atoms with Gasteiger partial charge in [-0.1, -0.05) is 12.1 Å². The van der Waals surface area contributed by atoms with Gasteiger partial charge in [0, 0.05) is 20.4 Å². The van der Waals surface area contributed by atoms with Crippen molar-refractivity contribution >= 4 is 34.1 Å². The predicted molar refractivity (Wildman–Crippen MR) is 78.2 cm³/mol. The first-order chi connectivity index (χ1) is 8.61. The van der Waals surface area contributed by atoms with Crippen molar-refractivity contribution in [2.24, 2.45) is 0 Å². The van der Waals surface area contributed by atoms with Crippen LogP contribution >= 0.6 is 22.6 Å². The minimum Gasteiger partial charge on any atom is -0.398 e. The lowest BCUT2D eigenvalue weighted by molar-refractivity contribution is 0.103. The van der Waals surface area contributed by atoms with E-state index in [1.165, 1.54) is 0 Å². The zero-order valence-electron chi connectivity index (χ0n) is 9.35. The Hall–Kier alpha value is -1.87. The van der Waals surface area contributed by atoms with Crippen molar-refractivity contribution < 1.29 is 4.79 Å². The maximum atomic E-state index is 12.3. The number of anilines is 1. The maximum absolute atomic E-state index is 12.3. The molecule has 88 valence electrons. The Bertz CT molecular complexity index is 659. The number of nitrogens with zero attached hydrogens (tertiary/aromatic N) is 1. The smallest absolute Gasteiger partial charge is 0.195 e. The first kappa shape index (κ1) is 12.6. The molecule has 4 heteroatoms. The van der Waals surface area contributed by atoms with Crippen molar-refractivity contribution in [3.63, 3.8) is 0 Å². The molecule has 0 aliphatic carbocycles. The van der Waals surface area contributed by atoms with E-state index in [0.717, 1.165) is 3.57 Å². The Labute approximate surface area is 118 Å². The SMILES string of the molecule is N#Cc1cccc(C(=O)c2cc(I)ccc2N)c1. The van der Waals surface area contributed by atoms with E-state index >= 15 is 0 Å². The van der Waals surface area contributed by atoms with Gasteiger partial charge in [-0.2, -0.15) is 5.26 Å². The van der Waals surface area contributed by atoms with E-state index in [1.54, 1.807) is 36.4 Å². The Morgan fingerprint density at radius 2 is 2.00 bits per heavy atom. The average Bonchev–Trinajstić information content (AvgIpc) is 2.41. The molecule has 0 saturated heterocycles. The van der Waals surface area contributed by atoms with Gasteiger partial charge in [0.2, 0.25) is 0 Å². The molecule has 0 fully saturated rings. The molecule has 0 bridgehead atoms. The molecule has 2 aromatic carbocycles. The number of nitrogens with two attached hydrogens (primary N) is 1. The molecule has 0 radical (unpaired) electrons. The lowest BCUT2D eigenvalue weighted by Gasteiger charge is -2.05. The third-order valence-electron chi connectivity index (χ3n) is 2.51. The molecule has 0 saturated carbocycles. The molecule has 2 aromatic rings. The summed E-state index contributed by atoms with van der Waals surface area (Å²) in [5, 5.41) is 8.83. The molecule has 3 nitrogen and oxygen atoms in total. The number of ketones is 1. The van der Waals surface area contributed by atoms with Gasteiger partial charge in [-0.3, -0.25) is 4.79 Å². The summed E-state index contributed by atoms with van der Waals surface area (Å²) in [6, 6.07) is 13.9. The van der Waals surface area contributed by atoms with E-state index < -0.39 is 0 Å².